The lowest BCUT2D eigenvalue weighted by Crippen LogP contribution is -2.08. The highest BCUT2D eigenvalue weighted by molar-refractivity contribution is 6.35. The Morgan fingerprint density at radius 1 is 1.47 bits per heavy atom. The minimum Gasteiger partial charge on any atom is -0.382 e. The van der Waals surface area contributed by atoms with Crippen LogP contribution in [0, 0.1) is 6.92 Å². The maximum absolute atomic E-state index is 5.92. The van der Waals surface area contributed by atoms with E-state index in [4.69, 9.17) is 21.9 Å². The molecule has 17 heavy (non-hydrogen) atoms. The Kier molecular flexibility index (Phi) is 3.38. The van der Waals surface area contributed by atoms with Crippen LogP contribution < -0.4 is 11.1 Å². The summed E-state index contributed by atoms with van der Waals surface area (Å²) in [6, 6.07) is 0. The summed E-state index contributed by atoms with van der Waals surface area (Å²) in [6.07, 6.45) is 1.93. The summed E-state index contributed by atoms with van der Waals surface area (Å²) in [4.78, 5) is 11.8. The number of hydrogen-bond acceptors (Lipinski definition) is 7. The predicted octanol–water partition coefficient (Wildman–Crippen LogP) is 1.06. The fourth-order valence-electron chi connectivity index (χ4n) is 1.24. The molecule has 2 heterocycles. The summed E-state index contributed by atoms with van der Waals surface area (Å²) in [5.74, 6) is 1.92. The Hall–Kier alpha value is -1.89. The summed E-state index contributed by atoms with van der Waals surface area (Å²) in [6.45, 7) is 2.33. The van der Waals surface area contributed by atoms with Gasteiger partial charge < -0.3 is 15.6 Å². The van der Waals surface area contributed by atoms with Crippen molar-refractivity contribution in [2.45, 2.75) is 13.3 Å². The molecule has 3 N–H and O–H groups in total. The molecule has 0 atom stereocenters. The summed E-state index contributed by atoms with van der Waals surface area (Å²) in [7, 11) is 0. The number of rotatable bonds is 4. The molecule has 0 saturated carbocycles. The molecule has 0 fully saturated rings. The number of nitrogens with zero attached hydrogens (tertiary/aromatic N) is 4. The molecule has 0 radical (unpaired) electrons. The minimum absolute atomic E-state index is 0.248. The highest BCUT2D eigenvalue weighted by Crippen LogP contribution is 2.22. The van der Waals surface area contributed by atoms with Crippen LogP contribution in [0.4, 0.5) is 11.6 Å². The van der Waals surface area contributed by atoms with Crippen LogP contribution in [-0.4, -0.2) is 26.7 Å². The van der Waals surface area contributed by atoms with Crippen molar-refractivity contribution >= 4 is 23.2 Å². The van der Waals surface area contributed by atoms with Crippen LogP contribution in [0.1, 0.15) is 11.7 Å². The molecule has 0 aromatic carbocycles. The monoisotopic (exact) mass is 254 g/mol. The molecule has 0 spiro atoms. The smallest absolute Gasteiger partial charge is 0.228 e. The third kappa shape index (κ3) is 2.82. The van der Waals surface area contributed by atoms with Gasteiger partial charge in [-0.15, -0.1) is 0 Å². The van der Waals surface area contributed by atoms with Gasteiger partial charge in [-0.3, -0.25) is 0 Å². The second kappa shape index (κ2) is 4.96. The zero-order valence-corrected chi connectivity index (χ0v) is 9.90. The van der Waals surface area contributed by atoms with Crippen molar-refractivity contribution in [3.8, 4) is 0 Å². The molecule has 8 heteroatoms. The van der Waals surface area contributed by atoms with Crippen LogP contribution in [0.5, 0.6) is 0 Å². The average molecular weight is 255 g/mol. The van der Waals surface area contributed by atoms with E-state index in [-0.39, 0.29) is 5.82 Å². The molecular weight excluding hydrogens is 244 g/mol. The minimum atomic E-state index is 0.248. The average Bonchev–Trinajstić information content (AvgIpc) is 2.70. The molecule has 2 aromatic heterocycles. The van der Waals surface area contributed by atoms with E-state index in [2.05, 4.69) is 25.4 Å². The lowest BCUT2D eigenvalue weighted by Gasteiger charge is -2.06. The Morgan fingerprint density at radius 3 is 3.00 bits per heavy atom. The number of halogens is 1. The summed E-state index contributed by atoms with van der Waals surface area (Å²) < 4.78 is 4.96. The third-order valence-electron chi connectivity index (χ3n) is 2.02. The molecule has 0 saturated heterocycles. The zero-order chi connectivity index (χ0) is 12.3. The van der Waals surface area contributed by atoms with E-state index < -0.39 is 0 Å². The topological polar surface area (TPSA) is 103 Å². The van der Waals surface area contributed by atoms with Crippen LogP contribution in [0.3, 0.4) is 0 Å². The first-order valence-electron chi connectivity index (χ1n) is 4.96. The summed E-state index contributed by atoms with van der Waals surface area (Å²) in [5.41, 5.74) is 5.54. The maximum atomic E-state index is 5.92. The number of aryl methyl sites for hydroxylation is 1. The quantitative estimate of drug-likeness (QED) is 0.841. The predicted molar refractivity (Wildman–Crippen MR) is 62.7 cm³/mol. The van der Waals surface area contributed by atoms with Crippen LogP contribution >= 0.6 is 11.6 Å². The number of anilines is 2. The molecule has 0 aliphatic carbocycles. The fraction of sp³-hybridized carbons (Fsp3) is 0.333. The number of aromatic nitrogens is 4. The van der Waals surface area contributed by atoms with Crippen molar-refractivity contribution in [1.82, 2.24) is 20.1 Å². The van der Waals surface area contributed by atoms with Gasteiger partial charge in [0.2, 0.25) is 5.89 Å². The van der Waals surface area contributed by atoms with Crippen molar-refractivity contribution in [2.75, 3.05) is 17.6 Å². The van der Waals surface area contributed by atoms with Gasteiger partial charge in [0, 0.05) is 13.0 Å². The van der Waals surface area contributed by atoms with E-state index >= 15 is 0 Å². The van der Waals surface area contributed by atoms with Crippen molar-refractivity contribution in [3.05, 3.63) is 23.1 Å². The van der Waals surface area contributed by atoms with Crippen LogP contribution in [0.25, 0.3) is 0 Å². The van der Waals surface area contributed by atoms with E-state index in [9.17, 15) is 0 Å². The van der Waals surface area contributed by atoms with Crippen LogP contribution in [0.2, 0.25) is 5.02 Å². The van der Waals surface area contributed by atoms with Gasteiger partial charge in [-0.1, -0.05) is 16.8 Å². The maximum Gasteiger partial charge on any atom is 0.228 e. The first-order valence-corrected chi connectivity index (χ1v) is 5.33. The van der Waals surface area contributed by atoms with E-state index in [1.54, 1.807) is 6.92 Å². The number of nitrogens with two attached hydrogens (primary N) is 1. The van der Waals surface area contributed by atoms with Gasteiger partial charge in [0.15, 0.2) is 5.82 Å². The van der Waals surface area contributed by atoms with Gasteiger partial charge in [0.25, 0.3) is 0 Å². The molecule has 0 amide bonds. The second-order valence-electron chi connectivity index (χ2n) is 3.33. The number of hydrogen-bond donors (Lipinski definition) is 2. The number of nitrogens with one attached hydrogen (secondary N) is 1. The van der Waals surface area contributed by atoms with Crippen LogP contribution in [-0.2, 0) is 6.42 Å². The standard InChI is InChI=1S/C9H11ClN6O/c1-5-15-6(17-16-5)2-3-12-9-7(10)8(11)13-4-14-9/h4H,2-3H2,1H3,(H3,11,12,13,14). The Bertz CT molecular complexity index is 514. The van der Waals surface area contributed by atoms with Crippen molar-refractivity contribution in [2.24, 2.45) is 0 Å². The first kappa shape index (κ1) is 11.6. The zero-order valence-electron chi connectivity index (χ0n) is 9.14. The molecular formula is C9H11ClN6O. The Balaban J connectivity index is 1.92. The SMILES string of the molecule is Cc1noc(CCNc2ncnc(N)c2Cl)n1. The van der Waals surface area contributed by atoms with Gasteiger partial charge in [0.1, 0.15) is 23.0 Å². The summed E-state index contributed by atoms with van der Waals surface area (Å²) >= 11 is 5.92. The van der Waals surface area contributed by atoms with Crippen molar-refractivity contribution in [3.63, 3.8) is 0 Å². The normalized spacial score (nSPS) is 10.5. The Labute approximate surface area is 102 Å². The molecule has 90 valence electrons. The van der Waals surface area contributed by atoms with Gasteiger partial charge in [-0.05, 0) is 6.92 Å². The third-order valence-corrected chi connectivity index (χ3v) is 2.39. The first-order chi connectivity index (χ1) is 8.16. The van der Waals surface area contributed by atoms with E-state index in [1.165, 1.54) is 6.33 Å². The van der Waals surface area contributed by atoms with Gasteiger partial charge in [-0.2, -0.15) is 4.98 Å². The fourth-order valence-corrected chi connectivity index (χ4v) is 1.40. The van der Waals surface area contributed by atoms with Crippen molar-refractivity contribution < 1.29 is 4.52 Å². The highest BCUT2D eigenvalue weighted by atomic mass is 35.5. The van der Waals surface area contributed by atoms with Gasteiger partial charge >= 0.3 is 0 Å². The molecule has 0 aliphatic rings. The van der Waals surface area contributed by atoms with E-state index in [0.717, 1.165) is 0 Å². The highest BCUT2D eigenvalue weighted by Gasteiger charge is 2.07. The summed E-state index contributed by atoms with van der Waals surface area (Å²) in [5, 5.41) is 7.02. The second-order valence-corrected chi connectivity index (χ2v) is 3.71. The molecule has 0 aliphatic heterocycles. The lowest BCUT2D eigenvalue weighted by molar-refractivity contribution is 0.377. The lowest BCUT2D eigenvalue weighted by atomic mass is 10.4. The van der Waals surface area contributed by atoms with E-state index in [1.807, 2.05) is 0 Å². The molecule has 2 aromatic rings. The molecule has 0 unspecified atom stereocenters. The molecule has 0 bridgehead atoms. The van der Waals surface area contributed by atoms with Crippen molar-refractivity contribution in [1.29, 1.82) is 0 Å². The van der Waals surface area contributed by atoms with Gasteiger partial charge in [0.05, 0.1) is 0 Å². The van der Waals surface area contributed by atoms with Crippen LogP contribution in [0.15, 0.2) is 10.9 Å². The van der Waals surface area contributed by atoms with Gasteiger partial charge in [-0.25, -0.2) is 9.97 Å². The largest absolute Gasteiger partial charge is 0.382 e. The molecule has 7 nitrogen and oxygen atoms in total. The number of nitrogen functional groups attached to an aromatic ring is 1. The molecule has 2 rings (SSSR count). The van der Waals surface area contributed by atoms with E-state index in [0.29, 0.717) is 35.5 Å². The Morgan fingerprint density at radius 2 is 2.29 bits per heavy atom.